The van der Waals surface area contributed by atoms with E-state index < -0.39 is 0 Å². The Morgan fingerprint density at radius 3 is 3.16 bits per heavy atom. The van der Waals surface area contributed by atoms with Gasteiger partial charge < -0.3 is 23.9 Å². The molecule has 1 aliphatic rings. The molecular weight excluding hydrogens is 324 g/mol. The van der Waals surface area contributed by atoms with Gasteiger partial charge >= 0.3 is 0 Å². The summed E-state index contributed by atoms with van der Waals surface area (Å²) < 4.78 is 15.8. The molecule has 3 aromatic rings. The lowest BCUT2D eigenvalue weighted by molar-refractivity contribution is -0.00602. The van der Waals surface area contributed by atoms with E-state index in [1.165, 1.54) is 6.39 Å². The van der Waals surface area contributed by atoms with Crippen LogP contribution in [0.25, 0.3) is 10.9 Å². The van der Waals surface area contributed by atoms with E-state index in [1.54, 1.807) is 4.90 Å². The molecule has 0 unspecified atom stereocenters. The summed E-state index contributed by atoms with van der Waals surface area (Å²) in [6, 6.07) is 7.21. The summed E-state index contributed by atoms with van der Waals surface area (Å²) in [5, 5.41) is 4.81. The highest BCUT2D eigenvalue weighted by atomic mass is 16.5. The van der Waals surface area contributed by atoms with Crippen LogP contribution in [0.15, 0.2) is 35.2 Å². The number of hydrogen-bond donors (Lipinski definition) is 1. The lowest BCUT2D eigenvalue weighted by Crippen LogP contribution is -2.44. The molecule has 1 aliphatic heterocycles. The van der Waals surface area contributed by atoms with Gasteiger partial charge in [-0.25, -0.2) is 0 Å². The van der Waals surface area contributed by atoms with Gasteiger partial charge in [0, 0.05) is 23.5 Å². The number of carbonyl (C=O) groups excluding carboxylic acids is 1. The third-order valence-electron chi connectivity index (χ3n) is 4.20. The van der Waals surface area contributed by atoms with Crippen molar-refractivity contribution in [2.24, 2.45) is 0 Å². The van der Waals surface area contributed by atoms with Crippen molar-refractivity contribution in [3.8, 4) is 5.75 Å². The standard InChI is InChI=1S/C17H18N4O4/c1-2-24-12-4-3-11-7-14(19-13(11)8-12)17(22)21-5-6-23-9-15(21)16-18-10-25-20-16/h3-4,7-8,10,15,19H,2,5-6,9H2,1H3/t15-/m1/s1. The third-order valence-corrected chi connectivity index (χ3v) is 4.20. The Labute approximate surface area is 143 Å². The number of aromatic amines is 1. The Bertz CT molecular complexity index is 874. The van der Waals surface area contributed by atoms with Crippen LogP contribution in [0.2, 0.25) is 0 Å². The van der Waals surface area contributed by atoms with Crippen molar-refractivity contribution in [2.45, 2.75) is 13.0 Å². The highest BCUT2D eigenvalue weighted by molar-refractivity contribution is 5.98. The van der Waals surface area contributed by atoms with Gasteiger partial charge in [-0.15, -0.1) is 0 Å². The summed E-state index contributed by atoms with van der Waals surface area (Å²) in [6.07, 6.45) is 1.25. The van der Waals surface area contributed by atoms with Gasteiger partial charge in [0.2, 0.25) is 6.39 Å². The number of morpholine rings is 1. The maximum Gasteiger partial charge on any atom is 0.271 e. The predicted octanol–water partition coefficient (Wildman–Crippen LogP) is 2.16. The third kappa shape index (κ3) is 2.96. The zero-order valence-electron chi connectivity index (χ0n) is 13.8. The Hall–Kier alpha value is -2.87. The molecule has 1 fully saturated rings. The summed E-state index contributed by atoms with van der Waals surface area (Å²) in [5.41, 5.74) is 1.37. The number of nitrogens with zero attached hydrogens (tertiary/aromatic N) is 3. The quantitative estimate of drug-likeness (QED) is 0.781. The minimum absolute atomic E-state index is 0.118. The molecule has 1 aromatic carbocycles. The van der Waals surface area contributed by atoms with E-state index in [9.17, 15) is 4.79 Å². The van der Waals surface area contributed by atoms with Crippen LogP contribution in [-0.4, -0.2) is 52.3 Å². The predicted molar refractivity (Wildman–Crippen MR) is 88.4 cm³/mol. The van der Waals surface area contributed by atoms with Crippen LogP contribution < -0.4 is 4.74 Å². The van der Waals surface area contributed by atoms with Crippen molar-refractivity contribution in [2.75, 3.05) is 26.4 Å². The lowest BCUT2D eigenvalue weighted by atomic mass is 10.2. The van der Waals surface area contributed by atoms with Gasteiger partial charge in [0.25, 0.3) is 5.91 Å². The SMILES string of the molecule is CCOc1ccc2cc(C(=O)N3CCOC[C@@H]3c3ncon3)[nH]c2c1. The zero-order chi connectivity index (χ0) is 17.2. The van der Waals surface area contributed by atoms with Crippen molar-refractivity contribution in [1.82, 2.24) is 20.0 Å². The van der Waals surface area contributed by atoms with Crippen LogP contribution in [0, 0.1) is 0 Å². The number of amides is 1. The summed E-state index contributed by atoms with van der Waals surface area (Å²) in [4.78, 5) is 22.0. The average Bonchev–Trinajstić information content (AvgIpc) is 3.31. The van der Waals surface area contributed by atoms with Crippen molar-refractivity contribution in [3.63, 3.8) is 0 Å². The van der Waals surface area contributed by atoms with Gasteiger partial charge in [-0.3, -0.25) is 4.79 Å². The number of nitrogens with one attached hydrogen (secondary N) is 1. The molecule has 8 nitrogen and oxygen atoms in total. The van der Waals surface area contributed by atoms with Gasteiger partial charge in [0.05, 0.1) is 19.8 Å². The normalized spacial score (nSPS) is 17.8. The molecule has 0 aliphatic carbocycles. The molecule has 130 valence electrons. The van der Waals surface area contributed by atoms with Crippen LogP contribution in [0.5, 0.6) is 5.75 Å². The molecular formula is C17H18N4O4. The Balaban J connectivity index is 1.63. The number of hydrogen-bond acceptors (Lipinski definition) is 6. The van der Waals surface area contributed by atoms with Crippen LogP contribution >= 0.6 is 0 Å². The summed E-state index contributed by atoms with van der Waals surface area (Å²) in [6.45, 7) is 3.83. The number of rotatable bonds is 4. The van der Waals surface area contributed by atoms with Crippen LogP contribution in [0.3, 0.4) is 0 Å². The summed E-state index contributed by atoms with van der Waals surface area (Å²) in [5.74, 6) is 1.10. The van der Waals surface area contributed by atoms with Crippen molar-refractivity contribution < 1.29 is 18.8 Å². The van der Waals surface area contributed by atoms with Crippen LogP contribution in [-0.2, 0) is 4.74 Å². The molecule has 0 saturated carbocycles. The van der Waals surface area contributed by atoms with Crippen molar-refractivity contribution >= 4 is 16.8 Å². The maximum atomic E-state index is 13.0. The summed E-state index contributed by atoms with van der Waals surface area (Å²) in [7, 11) is 0. The fraction of sp³-hybridized carbons (Fsp3) is 0.353. The minimum atomic E-state index is -0.356. The molecule has 2 aromatic heterocycles. The molecule has 0 bridgehead atoms. The molecule has 3 heterocycles. The molecule has 4 rings (SSSR count). The molecule has 8 heteroatoms. The fourth-order valence-corrected chi connectivity index (χ4v) is 3.02. The molecule has 1 atom stereocenters. The fourth-order valence-electron chi connectivity index (χ4n) is 3.02. The Kier molecular flexibility index (Phi) is 4.10. The first kappa shape index (κ1) is 15.6. The number of carbonyl (C=O) groups is 1. The van der Waals surface area contributed by atoms with Gasteiger partial charge in [0.1, 0.15) is 17.5 Å². The highest BCUT2D eigenvalue weighted by Crippen LogP contribution is 2.26. The van der Waals surface area contributed by atoms with Crippen molar-refractivity contribution in [3.05, 3.63) is 42.2 Å². The Morgan fingerprint density at radius 2 is 2.36 bits per heavy atom. The van der Waals surface area contributed by atoms with Gasteiger partial charge in [-0.2, -0.15) is 4.98 Å². The van der Waals surface area contributed by atoms with Gasteiger partial charge in [-0.05, 0) is 25.1 Å². The van der Waals surface area contributed by atoms with Crippen LogP contribution in [0.1, 0.15) is 29.3 Å². The number of aromatic nitrogens is 3. The minimum Gasteiger partial charge on any atom is -0.494 e. The molecule has 1 saturated heterocycles. The number of ether oxygens (including phenoxy) is 2. The largest absolute Gasteiger partial charge is 0.494 e. The molecule has 0 radical (unpaired) electrons. The maximum absolute atomic E-state index is 13.0. The number of benzene rings is 1. The summed E-state index contributed by atoms with van der Waals surface area (Å²) >= 11 is 0. The average molecular weight is 342 g/mol. The highest BCUT2D eigenvalue weighted by Gasteiger charge is 2.32. The van der Waals surface area contributed by atoms with Crippen LogP contribution in [0.4, 0.5) is 0 Å². The molecule has 1 N–H and O–H groups in total. The van der Waals surface area contributed by atoms with E-state index in [0.29, 0.717) is 37.9 Å². The monoisotopic (exact) mass is 342 g/mol. The first-order valence-electron chi connectivity index (χ1n) is 8.17. The van der Waals surface area contributed by atoms with E-state index in [0.717, 1.165) is 16.7 Å². The van der Waals surface area contributed by atoms with E-state index in [-0.39, 0.29) is 11.9 Å². The van der Waals surface area contributed by atoms with Crippen molar-refractivity contribution in [1.29, 1.82) is 0 Å². The van der Waals surface area contributed by atoms with Gasteiger partial charge in [0.15, 0.2) is 5.82 Å². The molecule has 1 amide bonds. The first-order valence-corrected chi connectivity index (χ1v) is 8.17. The lowest BCUT2D eigenvalue weighted by Gasteiger charge is -2.33. The smallest absolute Gasteiger partial charge is 0.271 e. The van der Waals surface area contributed by atoms with E-state index in [2.05, 4.69) is 15.1 Å². The second-order valence-corrected chi connectivity index (χ2v) is 5.74. The number of fused-ring (bicyclic) bond motifs is 1. The molecule has 25 heavy (non-hydrogen) atoms. The van der Waals surface area contributed by atoms with E-state index >= 15 is 0 Å². The Morgan fingerprint density at radius 1 is 1.44 bits per heavy atom. The zero-order valence-corrected chi connectivity index (χ0v) is 13.8. The van der Waals surface area contributed by atoms with E-state index in [1.807, 2.05) is 31.2 Å². The van der Waals surface area contributed by atoms with Gasteiger partial charge in [-0.1, -0.05) is 5.16 Å². The topological polar surface area (TPSA) is 93.5 Å². The first-order chi connectivity index (χ1) is 12.3. The second kappa shape index (κ2) is 6.56. The van der Waals surface area contributed by atoms with E-state index in [4.69, 9.17) is 14.0 Å². The second-order valence-electron chi connectivity index (χ2n) is 5.74. The molecule has 0 spiro atoms. The number of H-pyrrole nitrogens is 1.